The van der Waals surface area contributed by atoms with Crippen LogP contribution in [0.2, 0.25) is 0 Å². The van der Waals surface area contributed by atoms with Crippen LogP contribution in [0.1, 0.15) is 31.3 Å². The van der Waals surface area contributed by atoms with Crippen molar-refractivity contribution in [3.63, 3.8) is 0 Å². The Morgan fingerprint density at radius 3 is 2.27 bits per heavy atom. The van der Waals surface area contributed by atoms with Gasteiger partial charge in [-0.2, -0.15) is 0 Å². The number of carbonyl (C=O) groups excluding carboxylic acids is 1. The molecule has 0 atom stereocenters. The molecule has 0 aliphatic heterocycles. The quantitative estimate of drug-likeness (QED) is 0.569. The van der Waals surface area contributed by atoms with E-state index in [1.807, 2.05) is 13.8 Å². The molecular formula is C7H13N3O. The van der Waals surface area contributed by atoms with Gasteiger partial charge in [-0.05, 0) is 0 Å². The molecular weight excluding hydrogens is 142 g/mol. The van der Waals surface area contributed by atoms with Crippen molar-refractivity contribution in [2.75, 3.05) is 0 Å². The lowest BCUT2D eigenvalue weighted by molar-refractivity contribution is 0.101. The van der Waals surface area contributed by atoms with Crippen molar-refractivity contribution in [3.8, 4) is 0 Å². The summed E-state index contributed by atoms with van der Waals surface area (Å²) in [5.41, 5.74) is 0.414. The Bertz CT molecular complexity index is 229. The second kappa shape index (κ2) is 4.60. The highest BCUT2D eigenvalue weighted by Crippen LogP contribution is 1.90. The molecule has 1 aromatic rings. The zero-order valence-electron chi connectivity index (χ0n) is 7.33. The molecule has 0 aliphatic carbocycles. The van der Waals surface area contributed by atoms with Crippen LogP contribution >= 0.6 is 0 Å². The van der Waals surface area contributed by atoms with Gasteiger partial charge >= 0.3 is 0 Å². The number of nitrogens with zero attached hydrogens (tertiary/aromatic N) is 3. The normalized spacial score (nSPS) is 8.36. The molecule has 0 radical (unpaired) electrons. The number of ketones is 1. The summed E-state index contributed by atoms with van der Waals surface area (Å²) < 4.78 is 1.50. The topological polar surface area (TPSA) is 47.8 Å². The van der Waals surface area contributed by atoms with Crippen molar-refractivity contribution in [1.82, 2.24) is 15.0 Å². The van der Waals surface area contributed by atoms with Gasteiger partial charge in [-0.3, -0.25) is 9.48 Å². The predicted octanol–water partition coefficient (Wildman–Crippen LogP) is 1.04. The van der Waals surface area contributed by atoms with Gasteiger partial charge in [0.15, 0.2) is 5.78 Å². The summed E-state index contributed by atoms with van der Waals surface area (Å²) in [6, 6.07) is 0. The minimum Gasteiger partial charge on any atom is -0.293 e. The fourth-order valence-corrected chi connectivity index (χ4v) is 0.509. The third-order valence-electron chi connectivity index (χ3n) is 0.963. The molecule has 1 aromatic heterocycles. The Morgan fingerprint density at radius 2 is 2.09 bits per heavy atom. The lowest BCUT2D eigenvalue weighted by Crippen LogP contribution is -1.90. The summed E-state index contributed by atoms with van der Waals surface area (Å²) in [7, 11) is 1.72. The minimum atomic E-state index is -0.0527. The standard InChI is InChI=1S/C5H7N3O.C2H6/c1-4(9)5-3-8(2)7-6-5;1-2/h3H,1-2H3;1-2H3. The van der Waals surface area contributed by atoms with Gasteiger partial charge in [0, 0.05) is 14.0 Å². The molecule has 11 heavy (non-hydrogen) atoms. The number of aromatic nitrogens is 3. The first kappa shape index (κ1) is 9.81. The van der Waals surface area contributed by atoms with Gasteiger partial charge in [-0.15, -0.1) is 5.10 Å². The molecule has 1 heterocycles. The first-order valence-electron chi connectivity index (χ1n) is 3.57. The fourth-order valence-electron chi connectivity index (χ4n) is 0.509. The van der Waals surface area contributed by atoms with Crippen molar-refractivity contribution in [3.05, 3.63) is 11.9 Å². The summed E-state index contributed by atoms with van der Waals surface area (Å²) in [6.45, 7) is 5.46. The van der Waals surface area contributed by atoms with E-state index < -0.39 is 0 Å². The van der Waals surface area contributed by atoms with E-state index in [0.717, 1.165) is 0 Å². The molecule has 62 valence electrons. The van der Waals surface area contributed by atoms with E-state index in [-0.39, 0.29) is 5.78 Å². The van der Waals surface area contributed by atoms with Crippen LogP contribution < -0.4 is 0 Å². The SMILES string of the molecule is CC.CC(=O)c1cn(C)nn1. The Balaban J connectivity index is 0.000000461. The molecule has 0 aromatic carbocycles. The van der Waals surface area contributed by atoms with Gasteiger partial charge in [-0.25, -0.2) is 0 Å². The van der Waals surface area contributed by atoms with E-state index in [2.05, 4.69) is 10.3 Å². The molecule has 0 aliphatic rings. The van der Waals surface area contributed by atoms with Gasteiger partial charge in [0.25, 0.3) is 0 Å². The number of hydrogen-bond acceptors (Lipinski definition) is 3. The van der Waals surface area contributed by atoms with Crippen molar-refractivity contribution >= 4 is 5.78 Å². The highest BCUT2D eigenvalue weighted by molar-refractivity contribution is 5.91. The van der Waals surface area contributed by atoms with E-state index >= 15 is 0 Å². The third-order valence-corrected chi connectivity index (χ3v) is 0.963. The van der Waals surface area contributed by atoms with Gasteiger partial charge in [-0.1, -0.05) is 19.1 Å². The van der Waals surface area contributed by atoms with E-state index in [0.29, 0.717) is 5.69 Å². The average Bonchev–Trinajstić information content (AvgIpc) is 2.40. The number of Topliss-reactive ketones (excluding diaryl/α,β-unsaturated/α-hetero) is 1. The molecule has 0 saturated carbocycles. The number of carbonyl (C=O) groups is 1. The van der Waals surface area contributed by atoms with Crippen LogP contribution in [0.5, 0.6) is 0 Å². The van der Waals surface area contributed by atoms with E-state index in [9.17, 15) is 4.79 Å². The van der Waals surface area contributed by atoms with Crippen molar-refractivity contribution in [1.29, 1.82) is 0 Å². The maximum Gasteiger partial charge on any atom is 0.181 e. The Labute approximate surface area is 66.2 Å². The van der Waals surface area contributed by atoms with Crippen LogP contribution in [0.25, 0.3) is 0 Å². The molecule has 4 heteroatoms. The van der Waals surface area contributed by atoms with Gasteiger partial charge in [0.2, 0.25) is 0 Å². The van der Waals surface area contributed by atoms with E-state index in [1.54, 1.807) is 13.2 Å². The van der Waals surface area contributed by atoms with Crippen molar-refractivity contribution < 1.29 is 4.79 Å². The second-order valence-corrected chi connectivity index (χ2v) is 1.83. The second-order valence-electron chi connectivity index (χ2n) is 1.83. The zero-order valence-corrected chi connectivity index (χ0v) is 7.33. The lowest BCUT2D eigenvalue weighted by Gasteiger charge is -1.78. The van der Waals surface area contributed by atoms with Gasteiger partial charge < -0.3 is 0 Å². The smallest absolute Gasteiger partial charge is 0.181 e. The summed E-state index contributed by atoms with van der Waals surface area (Å²) in [5.74, 6) is -0.0527. The number of rotatable bonds is 1. The maximum absolute atomic E-state index is 10.5. The van der Waals surface area contributed by atoms with Crippen LogP contribution in [0.3, 0.4) is 0 Å². The van der Waals surface area contributed by atoms with Crippen LogP contribution in [0, 0.1) is 0 Å². The van der Waals surface area contributed by atoms with Crippen LogP contribution in [-0.2, 0) is 7.05 Å². The first-order chi connectivity index (χ1) is 5.20. The summed E-state index contributed by atoms with van der Waals surface area (Å²) in [5, 5.41) is 7.16. The van der Waals surface area contributed by atoms with E-state index in [4.69, 9.17) is 0 Å². The molecule has 0 N–H and O–H groups in total. The largest absolute Gasteiger partial charge is 0.293 e. The Morgan fingerprint density at radius 1 is 1.55 bits per heavy atom. The molecule has 0 spiro atoms. The van der Waals surface area contributed by atoms with Crippen LogP contribution in [0.4, 0.5) is 0 Å². The number of aryl methyl sites for hydroxylation is 1. The highest BCUT2D eigenvalue weighted by atomic mass is 16.1. The van der Waals surface area contributed by atoms with Gasteiger partial charge in [0.05, 0.1) is 6.20 Å². The zero-order chi connectivity index (χ0) is 8.85. The monoisotopic (exact) mass is 155 g/mol. The van der Waals surface area contributed by atoms with Crippen LogP contribution in [0.15, 0.2) is 6.20 Å². The van der Waals surface area contributed by atoms with Crippen molar-refractivity contribution in [2.24, 2.45) is 7.05 Å². The van der Waals surface area contributed by atoms with Crippen molar-refractivity contribution in [2.45, 2.75) is 20.8 Å². The number of hydrogen-bond donors (Lipinski definition) is 0. The predicted molar refractivity (Wildman–Crippen MR) is 42.4 cm³/mol. The van der Waals surface area contributed by atoms with Crippen LogP contribution in [-0.4, -0.2) is 20.8 Å². The maximum atomic E-state index is 10.5. The molecule has 0 saturated heterocycles. The lowest BCUT2D eigenvalue weighted by atomic mass is 10.3. The molecule has 1 rings (SSSR count). The average molecular weight is 155 g/mol. The minimum absolute atomic E-state index is 0.0527. The van der Waals surface area contributed by atoms with E-state index in [1.165, 1.54) is 11.6 Å². The Hall–Kier alpha value is -1.19. The molecule has 0 fully saturated rings. The first-order valence-corrected chi connectivity index (χ1v) is 3.57. The molecule has 0 bridgehead atoms. The molecule has 0 unspecified atom stereocenters. The van der Waals surface area contributed by atoms with Gasteiger partial charge in [0.1, 0.15) is 5.69 Å². The molecule has 4 nitrogen and oxygen atoms in total. The Kier molecular flexibility index (Phi) is 4.10. The summed E-state index contributed by atoms with van der Waals surface area (Å²) >= 11 is 0. The fraction of sp³-hybridized carbons (Fsp3) is 0.571. The highest BCUT2D eigenvalue weighted by Gasteiger charge is 2.01. The molecule has 0 amide bonds. The summed E-state index contributed by atoms with van der Waals surface area (Å²) in [4.78, 5) is 10.5. The third kappa shape index (κ3) is 2.93. The summed E-state index contributed by atoms with van der Waals surface area (Å²) in [6.07, 6.45) is 1.59.